The van der Waals surface area contributed by atoms with Gasteiger partial charge >= 0.3 is 0 Å². The van der Waals surface area contributed by atoms with Crippen molar-refractivity contribution in [3.05, 3.63) is 18.3 Å². The maximum absolute atomic E-state index is 6.39. The zero-order valence-corrected chi connectivity index (χ0v) is 9.56. The van der Waals surface area contributed by atoms with E-state index in [0.717, 1.165) is 36.8 Å². The maximum Gasteiger partial charge on any atom is 0.160 e. The summed E-state index contributed by atoms with van der Waals surface area (Å²) in [5, 5.41) is 0. The fraction of sp³-hybridized carbons (Fsp3) is 0.545. The van der Waals surface area contributed by atoms with E-state index in [2.05, 4.69) is 19.9 Å². The molecule has 0 unspecified atom stereocenters. The lowest BCUT2D eigenvalue weighted by molar-refractivity contribution is 0.265. The molecule has 0 amide bonds. The molecule has 0 bridgehead atoms. The number of aromatic nitrogens is 4. The predicted octanol–water partition coefficient (Wildman–Crippen LogP) is 0.408. The van der Waals surface area contributed by atoms with Crippen LogP contribution < -0.4 is 11.5 Å². The van der Waals surface area contributed by atoms with Crippen LogP contribution in [0.1, 0.15) is 31.5 Å². The first-order valence-corrected chi connectivity index (χ1v) is 5.88. The highest BCUT2D eigenvalue weighted by Gasteiger charge is 2.34. The molecule has 90 valence electrons. The average Bonchev–Trinajstić information content (AvgIpc) is 2.80. The Hall–Kier alpha value is -1.53. The van der Waals surface area contributed by atoms with Crippen molar-refractivity contribution in [3.63, 3.8) is 0 Å². The van der Waals surface area contributed by atoms with Crippen LogP contribution >= 0.6 is 0 Å². The Morgan fingerprint density at radius 2 is 2.06 bits per heavy atom. The first kappa shape index (κ1) is 10.6. The largest absolute Gasteiger partial charge is 0.329 e. The molecule has 0 atom stereocenters. The molecule has 0 aromatic carbocycles. The summed E-state index contributed by atoms with van der Waals surface area (Å²) in [4.78, 5) is 15.9. The minimum atomic E-state index is -0.435. The Kier molecular flexibility index (Phi) is 2.34. The molecule has 1 fully saturated rings. The molecule has 2 aromatic heterocycles. The van der Waals surface area contributed by atoms with Gasteiger partial charge in [0.05, 0.1) is 18.1 Å². The number of nitrogens with zero attached hydrogens (tertiary/aromatic N) is 3. The highest BCUT2D eigenvalue weighted by Crippen LogP contribution is 2.32. The molecule has 17 heavy (non-hydrogen) atoms. The summed E-state index contributed by atoms with van der Waals surface area (Å²) in [5.74, 6) is 0.696. The van der Waals surface area contributed by atoms with Crippen molar-refractivity contribution in [2.45, 2.75) is 37.3 Å². The first-order valence-electron chi connectivity index (χ1n) is 5.88. The molecule has 2 heterocycles. The quantitative estimate of drug-likeness (QED) is 0.660. The third kappa shape index (κ3) is 1.79. The number of rotatable bonds is 1. The number of hydrogen-bond donors (Lipinski definition) is 3. The lowest BCUT2D eigenvalue weighted by Crippen LogP contribution is -2.44. The number of imidazole rings is 1. The standard InChI is InChI=1S/C11H16N6/c12-7-1-3-11(13,4-2-7)10-14-5-8-9(17-10)16-6-15-8/h5-7H,1-4,12-13H2,(H,14,15,16,17)/t7-,11-. The molecule has 3 rings (SSSR count). The smallest absolute Gasteiger partial charge is 0.160 e. The minimum Gasteiger partial charge on any atom is -0.329 e. The molecule has 6 heteroatoms. The monoisotopic (exact) mass is 232 g/mol. The summed E-state index contributed by atoms with van der Waals surface area (Å²) in [6.45, 7) is 0. The number of nitrogens with one attached hydrogen (secondary N) is 1. The predicted molar refractivity (Wildman–Crippen MR) is 64.0 cm³/mol. The zero-order chi connectivity index (χ0) is 11.9. The first-order chi connectivity index (χ1) is 8.17. The van der Waals surface area contributed by atoms with Gasteiger partial charge in [0.25, 0.3) is 0 Å². The van der Waals surface area contributed by atoms with Gasteiger partial charge in [-0.25, -0.2) is 15.0 Å². The second kappa shape index (κ2) is 3.75. The highest BCUT2D eigenvalue weighted by atomic mass is 15.0. The van der Waals surface area contributed by atoms with Gasteiger partial charge in [0.1, 0.15) is 5.52 Å². The van der Waals surface area contributed by atoms with Crippen LogP contribution in [0.25, 0.3) is 11.2 Å². The molecule has 2 aromatic rings. The van der Waals surface area contributed by atoms with Crippen molar-refractivity contribution in [1.29, 1.82) is 0 Å². The lowest BCUT2D eigenvalue weighted by Gasteiger charge is -2.34. The summed E-state index contributed by atoms with van der Waals surface area (Å²) < 4.78 is 0. The number of hydrogen-bond acceptors (Lipinski definition) is 5. The van der Waals surface area contributed by atoms with Gasteiger partial charge < -0.3 is 16.5 Å². The van der Waals surface area contributed by atoms with Gasteiger partial charge in [-0.2, -0.15) is 0 Å². The molecule has 5 N–H and O–H groups in total. The van der Waals surface area contributed by atoms with Crippen LogP contribution in [0, 0.1) is 0 Å². The SMILES string of the molecule is N[C@H]1CC[C@@](N)(c2ncc3nc[nH]c3n2)CC1. The molecule has 1 aliphatic carbocycles. The second-order valence-electron chi connectivity index (χ2n) is 4.82. The normalized spacial score (nSPS) is 29.6. The minimum absolute atomic E-state index is 0.266. The molecule has 6 nitrogen and oxygen atoms in total. The van der Waals surface area contributed by atoms with E-state index < -0.39 is 5.54 Å². The Labute approximate surface area is 98.8 Å². The Bertz CT molecular complexity index is 525. The van der Waals surface area contributed by atoms with Gasteiger partial charge in [0, 0.05) is 6.04 Å². The number of fused-ring (bicyclic) bond motifs is 1. The third-order valence-corrected chi connectivity index (χ3v) is 3.54. The number of aromatic amines is 1. The fourth-order valence-electron chi connectivity index (χ4n) is 2.36. The average molecular weight is 232 g/mol. The van der Waals surface area contributed by atoms with E-state index in [0.29, 0.717) is 5.82 Å². The van der Waals surface area contributed by atoms with Crippen LogP contribution in [-0.4, -0.2) is 26.0 Å². The van der Waals surface area contributed by atoms with Crippen LogP contribution in [0.2, 0.25) is 0 Å². The molecule has 0 aliphatic heterocycles. The Balaban J connectivity index is 1.96. The summed E-state index contributed by atoms with van der Waals surface area (Å²) >= 11 is 0. The van der Waals surface area contributed by atoms with Gasteiger partial charge in [-0.15, -0.1) is 0 Å². The van der Waals surface area contributed by atoms with Crippen LogP contribution in [-0.2, 0) is 5.54 Å². The van der Waals surface area contributed by atoms with Crippen LogP contribution in [0.15, 0.2) is 12.5 Å². The van der Waals surface area contributed by atoms with Crippen molar-refractivity contribution in [2.24, 2.45) is 11.5 Å². The molecule has 0 saturated heterocycles. The fourth-order valence-corrected chi connectivity index (χ4v) is 2.36. The zero-order valence-electron chi connectivity index (χ0n) is 9.56. The van der Waals surface area contributed by atoms with Crippen molar-refractivity contribution >= 4 is 11.2 Å². The van der Waals surface area contributed by atoms with Crippen LogP contribution in [0.4, 0.5) is 0 Å². The topological polar surface area (TPSA) is 107 Å². The van der Waals surface area contributed by atoms with E-state index in [9.17, 15) is 0 Å². The molecular weight excluding hydrogens is 216 g/mol. The molecule has 1 aliphatic rings. The van der Waals surface area contributed by atoms with Crippen LogP contribution in [0.3, 0.4) is 0 Å². The van der Waals surface area contributed by atoms with E-state index >= 15 is 0 Å². The van der Waals surface area contributed by atoms with Gasteiger partial charge in [-0.05, 0) is 25.7 Å². The Morgan fingerprint density at radius 1 is 1.29 bits per heavy atom. The number of H-pyrrole nitrogens is 1. The summed E-state index contributed by atoms with van der Waals surface area (Å²) in [6.07, 6.45) is 6.88. The Morgan fingerprint density at radius 3 is 2.82 bits per heavy atom. The molecule has 0 spiro atoms. The van der Waals surface area contributed by atoms with Crippen molar-refractivity contribution < 1.29 is 0 Å². The maximum atomic E-state index is 6.39. The summed E-state index contributed by atoms with van der Waals surface area (Å²) in [5.41, 5.74) is 13.4. The molecule has 0 radical (unpaired) electrons. The van der Waals surface area contributed by atoms with E-state index in [-0.39, 0.29) is 6.04 Å². The van der Waals surface area contributed by atoms with Gasteiger partial charge in [-0.1, -0.05) is 0 Å². The van der Waals surface area contributed by atoms with E-state index in [1.165, 1.54) is 0 Å². The van der Waals surface area contributed by atoms with Gasteiger partial charge in [-0.3, -0.25) is 0 Å². The lowest BCUT2D eigenvalue weighted by atomic mass is 9.80. The van der Waals surface area contributed by atoms with Crippen molar-refractivity contribution in [1.82, 2.24) is 19.9 Å². The number of nitrogens with two attached hydrogens (primary N) is 2. The summed E-state index contributed by atoms with van der Waals surface area (Å²) in [7, 11) is 0. The second-order valence-corrected chi connectivity index (χ2v) is 4.82. The van der Waals surface area contributed by atoms with Gasteiger partial charge in [0.2, 0.25) is 0 Å². The van der Waals surface area contributed by atoms with E-state index in [1.807, 2.05) is 0 Å². The third-order valence-electron chi connectivity index (χ3n) is 3.54. The van der Waals surface area contributed by atoms with Crippen LogP contribution in [0.5, 0.6) is 0 Å². The molecule has 1 saturated carbocycles. The van der Waals surface area contributed by atoms with Crippen molar-refractivity contribution in [3.8, 4) is 0 Å². The van der Waals surface area contributed by atoms with E-state index in [4.69, 9.17) is 11.5 Å². The van der Waals surface area contributed by atoms with E-state index in [1.54, 1.807) is 12.5 Å². The highest BCUT2D eigenvalue weighted by molar-refractivity contribution is 5.68. The summed E-state index contributed by atoms with van der Waals surface area (Å²) in [6, 6.07) is 0.266. The van der Waals surface area contributed by atoms with Crippen molar-refractivity contribution in [2.75, 3.05) is 0 Å². The van der Waals surface area contributed by atoms with Gasteiger partial charge in [0.15, 0.2) is 11.5 Å². The molecular formula is C11H16N6.